The van der Waals surface area contributed by atoms with Gasteiger partial charge in [-0.3, -0.25) is 4.79 Å². The zero-order chi connectivity index (χ0) is 13.8. The van der Waals surface area contributed by atoms with Gasteiger partial charge in [0, 0.05) is 10.0 Å². The van der Waals surface area contributed by atoms with Crippen molar-refractivity contribution in [3.63, 3.8) is 0 Å². The molecule has 0 aliphatic heterocycles. The van der Waals surface area contributed by atoms with Crippen LogP contribution in [0.15, 0.2) is 48.5 Å². The minimum absolute atomic E-state index is 0.318. The first-order chi connectivity index (χ1) is 9.08. The average Bonchev–Trinajstić information content (AvgIpc) is 2.40. The lowest BCUT2D eigenvalue weighted by Gasteiger charge is -2.14. The Morgan fingerprint density at radius 1 is 1.11 bits per heavy atom. The van der Waals surface area contributed by atoms with Crippen LogP contribution in [0.25, 0.3) is 0 Å². The largest absolute Gasteiger partial charge is 0.481 e. The van der Waals surface area contributed by atoms with E-state index in [0.717, 1.165) is 11.1 Å². The highest BCUT2D eigenvalue weighted by molar-refractivity contribution is 6.33. The Morgan fingerprint density at radius 2 is 1.79 bits per heavy atom. The molecule has 1 atom stereocenters. The van der Waals surface area contributed by atoms with Gasteiger partial charge in [0.25, 0.3) is 0 Å². The Labute approximate surface area is 121 Å². The second-order valence-corrected chi connectivity index (χ2v) is 5.08. The third-order valence-electron chi connectivity index (χ3n) is 2.93. The Bertz CT molecular complexity index is 582. The van der Waals surface area contributed by atoms with Crippen LogP contribution in [0.5, 0.6) is 0 Å². The molecule has 2 nitrogen and oxygen atoms in total. The summed E-state index contributed by atoms with van der Waals surface area (Å²) in [6.45, 7) is 0. The second-order valence-electron chi connectivity index (χ2n) is 4.24. The Hall–Kier alpha value is -1.51. The minimum atomic E-state index is -0.873. The molecule has 0 spiro atoms. The van der Waals surface area contributed by atoms with E-state index < -0.39 is 11.9 Å². The monoisotopic (exact) mass is 294 g/mol. The fraction of sp³-hybridized carbons (Fsp3) is 0.133. The zero-order valence-corrected chi connectivity index (χ0v) is 11.5. The number of carboxylic acid groups (broad SMARTS) is 1. The molecule has 0 amide bonds. The topological polar surface area (TPSA) is 37.3 Å². The van der Waals surface area contributed by atoms with Crippen molar-refractivity contribution in [3.05, 3.63) is 69.7 Å². The summed E-state index contributed by atoms with van der Waals surface area (Å²) in [5.74, 6) is -1.50. The van der Waals surface area contributed by atoms with E-state index in [-0.39, 0.29) is 0 Å². The number of aliphatic carboxylic acids is 1. The number of benzene rings is 2. The van der Waals surface area contributed by atoms with Crippen LogP contribution in [0.3, 0.4) is 0 Å². The van der Waals surface area contributed by atoms with Crippen molar-refractivity contribution in [3.8, 4) is 0 Å². The molecule has 0 fully saturated rings. The molecule has 4 heteroatoms. The van der Waals surface area contributed by atoms with Crippen molar-refractivity contribution in [2.75, 3.05) is 0 Å². The fourth-order valence-corrected chi connectivity index (χ4v) is 2.34. The summed E-state index contributed by atoms with van der Waals surface area (Å²) in [5.41, 5.74) is 1.50. The van der Waals surface area contributed by atoms with Gasteiger partial charge in [-0.15, -0.1) is 0 Å². The second kappa shape index (κ2) is 6.09. The van der Waals surface area contributed by atoms with Crippen molar-refractivity contribution in [2.24, 2.45) is 0 Å². The van der Waals surface area contributed by atoms with Gasteiger partial charge in [0.15, 0.2) is 0 Å². The first kappa shape index (κ1) is 13.9. The standard InChI is InChI=1S/C15H12Cl2O2/c16-12-6-7-14(17)11(8-12)9-13(15(18)19)10-4-2-1-3-5-10/h1-8,13H,9H2,(H,18,19). The van der Waals surface area contributed by atoms with E-state index in [9.17, 15) is 9.90 Å². The molecule has 98 valence electrons. The molecule has 2 aromatic carbocycles. The van der Waals surface area contributed by atoms with Crippen LogP contribution in [-0.2, 0) is 11.2 Å². The quantitative estimate of drug-likeness (QED) is 0.907. The lowest BCUT2D eigenvalue weighted by atomic mass is 9.92. The zero-order valence-electron chi connectivity index (χ0n) is 10.0. The van der Waals surface area contributed by atoms with E-state index in [0.29, 0.717) is 16.5 Å². The summed E-state index contributed by atoms with van der Waals surface area (Å²) in [5, 5.41) is 10.5. The van der Waals surface area contributed by atoms with Crippen LogP contribution in [0.1, 0.15) is 17.0 Å². The first-order valence-corrected chi connectivity index (χ1v) is 6.55. The fourth-order valence-electron chi connectivity index (χ4n) is 1.95. The van der Waals surface area contributed by atoms with Crippen LogP contribution >= 0.6 is 23.2 Å². The van der Waals surface area contributed by atoms with Gasteiger partial charge in [0.05, 0.1) is 5.92 Å². The Balaban J connectivity index is 2.32. The maximum Gasteiger partial charge on any atom is 0.311 e. The highest BCUT2D eigenvalue weighted by Crippen LogP contribution is 2.27. The maximum atomic E-state index is 11.4. The SMILES string of the molecule is O=C(O)C(Cc1cc(Cl)ccc1Cl)c1ccccc1. The summed E-state index contributed by atoms with van der Waals surface area (Å²) in [6, 6.07) is 14.2. The van der Waals surface area contributed by atoms with E-state index >= 15 is 0 Å². The molecule has 1 N–H and O–H groups in total. The molecule has 1 unspecified atom stereocenters. The van der Waals surface area contributed by atoms with Gasteiger partial charge in [-0.05, 0) is 35.7 Å². The summed E-state index contributed by atoms with van der Waals surface area (Å²) < 4.78 is 0. The molecule has 0 heterocycles. The molecular formula is C15H12Cl2O2. The van der Waals surface area contributed by atoms with Gasteiger partial charge in [-0.1, -0.05) is 53.5 Å². The van der Waals surface area contributed by atoms with Crippen LogP contribution in [-0.4, -0.2) is 11.1 Å². The van der Waals surface area contributed by atoms with E-state index in [1.54, 1.807) is 30.3 Å². The van der Waals surface area contributed by atoms with E-state index in [2.05, 4.69) is 0 Å². The van der Waals surface area contributed by atoms with Gasteiger partial charge in [0.2, 0.25) is 0 Å². The number of carbonyl (C=O) groups is 1. The minimum Gasteiger partial charge on any atom is -0.481 e. The third kappa shape index (κ3) is 3.49. The van der Waals surface area contributed by atoms with E-state index in [1.807, 2.05) is 18.2 Å². The predicted octanol–water partition coefficient (Wildman–Crippen LogP) is 4.40. The molecule has 0 aliphatic carbocycles. The molecular weight excluding hydrogens is 283 g/mol. The summed E-state index contributed by atoms with van der Waals surface area (Å²) in [4.78, 5) is 11.4. The third-order valence-corrected chi connectivity index (χ3v) is 3.54. The summed E-state index contributed by atoms with van der Waals surface area (Å²) in [6.07, 6.45) is 0.318. The Kier molecular flexibility index (Phi) is 4.46. The number of carboxylic acids is 1. The van der Waals surface area contributed by atoms with Crippen molar-refractivity contribution in [1.82, 2.24) is 0 Å². The van der Waals surface area contributed by atoms with Crippen LogP contribution in [0, 0.1) is 0 Å². The molecule has 0 aromatic heterocycles. The molecule has 2 aromatic rings. The molecule has 0 bridgehead atoms. The molecule has 0 saturated carbocycles. The normalized spacial score (nSPS) is 12.1. The molecule has 0 aliphatic rings. The van der Waals surface area contributed by atoms with E-state index in [4.69, 9.17) is 23.2 Å². The van der Waals surface area contributed by atoms with Gasteiger partial charge >= 0.3 is 5.97 Å². The average molecular weight is 295 g/mol. The lowest BCUT2D eigenvalue weighted by Crippen LogP contribution is -2.14. The van der Waals surface area contributed by atoms with E-state index in [1.165, 1.54) is 0 Å². The van der Waals surface area contributed by atoms with Crippen LogP contribution in [0.4, 0.5) is 0 Å². The molecule has 2 rings (SSSR count). The smallest absolute Gasteiger partial charge is 0.311 e. The van der Waals surface area contributed by atoms with Crippen molar-refractivity contribution in [1.29, 1.82) is 0 Å². The molecule has 0 saturated heterocycles. The molecule has 0 radical (unpaired) electrons. The number of rotatable bonds is 4. The van der Waals surface area contributed by atoms with Gasteiger partial charge in [-0.2, -0.15) is 0 Å². The number of halogens is 2. The highest BCUT2D eigenvalue weighted by atomic mass is 35.5. The molecule has 19 heavy (non-hydrogen) atoms. The van der Waals surface area contributed by atoms with Crippen molar-refractivity contribution in [2.45, 2.75) is 12.3 Å². The summed E-state index contributed by atoms with van der Waals surface area (Å²) >= 11 is 12.0. The van der Waals surface area contributed by atoms with Gasteiger partial charge < -0.3 is 5.11 Å². The van der Waals surface area contributed by atoms with Crippen LogP contribution in [0.2, 0.25) is 10.0 Å². The first-order valence-electron chi connectivity index (χ1n) is 5.79. The van der Waals surface area contributed by atoms with Gasteiger partial charge in [0.1, 0.15) is 0 Å². The Morgan fingerprint density at radius 3 is 2.42 bits per heavy atom. The summed E-state index contributed by atoms with van der Waals surface area (Å²) in [7, 11) is 0. The van der Waals surface area contributed by atoms with Crippen molar-refractivity contribution >= 4 is 29.2 Å². The predicted molar refractivity (Wildman–Crippen MR) is 77.0 cm³/mol. The highest BCUT2D eigenvalue weighted by Gasteiger charge is 2.21. The van der Waals surface area contributed by atoms with Gasteiger partial charge in [-0.25, -0.2) is 0 Å². The van der Waals surface area contributed by atoms with Crippen LogP contribution < -0.4 is 0 Å². The number of hydrogen-bond acceptors (Lipinski definition) is 1. The van der Waals surface area contributed by atoms with Crippen molar-refractivity contribution < 1.29 is 9.90 Å². The lowest BCUT2D eigenvalue weighted by molar-refractivity contribution is -0.138. The number of hydrogen-bond donors (Lipinski definition) is 1. The maximum absolute atomic E-state index is 11.4.